The van der Waals surface area contributed by atoms with E-state index in [0.717, 1.165) is 6.07 Å². The van der Waals surface area contributed by atoms with Crippen LogP contribution >= 0.6 is 10.7 Å². The Kier molecular flexibility index (Phi) is 3.11. The van der Waals surface area contributed by atoms with Crippen LogP contribution < -0.4 is 0 Å². The highest BCUT2D eigenvalue weighted by Gasteiger charge is 2.16. The molecule has 0 spiro atoms. The van der Waals surface area contributed by atoms with Crippen molar-refractivity contribution in [1.29, 1.82) is 0 Å². The van der Waals surface area contributed by atoms with Gasteiger partial charge in [-0.3, -0.25) is 0 Å². The van der Waals surface area contributed by atoms with Gasteiger partial charge in [-0.25, -0.2) is 17.2 Å². The molecule has 0 aliphatic heterocycles. The quantitative estimate of drug-likeness (QED) is 0.745. The van der Waals surface area contributed by atoms with E-state index in [1.54, 1.807) is 0 Å². The Morgan fingerprint density at radius 1 is 1.36 bits per heavy atom. The molecule has 1 aromatic carbocycles. The Balaban J connectivity index is 3.37. The maximum absolute atomic E-state index is 12.2. The molecule has 0 amide bonds. The largest absolute Gasteiger partial charge is 0.263 e. The van der Waals surface area contributed by atoms with Crippen molar-refractivity contribution < 1.29 is 17.2 Å². The lowest BCUT2D eigenvalue weighted by atomic mass is 10.1. The number of hydrogen-bond donors (Lipinski definition) is 0. The highest BCUT2D eigenvalue weighted by atomic mass is 35.7. The topological polar surface area (TPSA) is 34.1 Å². The van der Waals surface area contributed by atoms with Gasteiger partial charge in [-0.05, 0) is 18.6 Å². The van der Waals surface area contributed by atoms with E-state index in [-0.39, 0.29) is 10.5 Å². The van der Waals surface area contributed by atoms with Crippen LogP contribution in [0.5, 0.6) is 0 Å². The molecule has 0 N–H and O–H groups in total. The first kappa shape index (κ1) is 11.4. The molecule has 0 unspecified atom stereocenters. The fraction of sp³-hybridized carbons (Fsp3) is 0.250. The van der Waals surface area contributed by atoms with Crippen molar-refractivity contribution >= 4 is 19.7 Å². The zero-order valence-corrected chi connectivity index (χ0v) is 8.74. The van der Waals surface area contributed by atoms with Crippen LogP contribution in [0.3, 0.4) is 0 Å². The maximum atomic E-state index is 12.2. The first-order valence-electron chi connectivity index (χ1n) is 3.65. The van der Waals surface area contributed by atoms with Crippen LogP contribution in [0.15, 0.2) is 23.1 Å². The van der Waals surface area contributed by atoms with E-state index in [4.69, 9.17) is 10.7 Å². The van der Waals surface area contributed by atoms with E-state index < -0.39 is 15.5 Å². The van der Waals surface area contributed by atoms with Crippen molar-refractivity contribution in [2.75, 3.05) is 0 Å². The Bertz CT molecular complexity index is 443. The van der Waals surface area contributed by atoms with Crippen molar-refractivity contribution in [3.8, 4) is 0 Å². The van der Waals surface area contributed by atoms with Crippen molar-refractivity contribution in [3.63, 3.8) is 0 Å². The Labute approximate surface area is 84.9 Å². The number of benzene rings is 1. The number of halogens is 3. The molecule has 78 valence electrons. The normalized spacial score (nSPS) is 12.1. The lowest BCUT2D eigenvalue weighted by Crippen LogP contribution is -1.96. The number of rotatable bonds is 2. The van der Waals surface area contributed by atoms with E-state index in [2.05, 4.69) is 0 Å². The third-order valence-electron chi connectivity index (χ3n) is 1.73. The molecule has 0 saturated heterocycles. The zero-order valence-electron chi connectivity index (χ0n) is 7.17. The number of aryl methyl sites for hydroxylation is 1. The molecule has 0 saturated carbocycles. The van der Waals surface area contributed by atoms with Crippen molar-refractivity contribution in [2.45, 2.75) is 18.2 Å². The van der Waals surface area contributed by atoms with Gasteiger partial charge in [0.15, 0.2) is 0 Å². The van der Waals surface area contributed by atoms with Crippen LogP contribution in [0.25, 0.3) is 0 Å². The smallest absolute Gasteiger partial charge is 0.207 e. The SMILES string of the molecule is Cc1ccc(C(F)F)cc1S(=O)(=O)Cl. The first-order chi connectivity index (χ1) is 6.32. The molecule has 0 aliphatic carbocycles. The first-order valence-corrected chi connectivity index (χ1v) is 5.96. The standard InChI is InChI=1S/C8H7ClF2O2S/c1-5-2-3-6(8(10)11)4-7(5)14(9,12)13/h2-4,8H,1H3. The lowest BCUT2D eigenvalue weighted by molar-refractivity contribution is 0.151. The third kappa shape index (κ3) is 2.42. The summed E-state index contributed by atoms with van der Waals surface area (Å²) in [5.74, 6) is 0. The molecule has 14 heavy (non-hydrogen) atoms. The molecular weight excluding hydrogens is 234 g/mol. The highest BCUT2D eigenvalue weighted by molar-refractivity contribution is 8.13. The maximum Gasteiger partial charge on any atom is 0.263 e. The summed E-state index contributed by atoms with van der Waals surface area (Å²) in [4.78, 5) is -0.267. The van der Waals surface area contributed by atoms with Crippen molar-refractivity contribution in [2.24, 2.45) is 0 Å². The van der Waals surface area contributed by atoms with Crippen LogP contribution in [-0.4, -0.2) is 8.42 Å². The van der Waals surface area contributed by atoms with Crippen LogP contribution in [-0.2, 0) is 9.05 Å². The van der Waals surface area contributed by atoms with Gasteiger partial charge in [0.2, 0.25) is 0 Å². The summed E-state index contributed by atoms with van der Waals surface area (Å²) in [5, 5.41) is 0. The summed E-state index contributed by atoms with van der Waals surface area (Å²) in [6, 6.07) is 3.37. The molecule has 1 rings (SSSR count). The molecule has 0 atom stereocenters. The minimum atomic E-state index is -3.95. The van der Waals surface area contributed by atoms with Gasteiger partial charge in [0.25, 0.3) is 15.5 Å². The summed E-state index contributed by atoms with van der Waals surface area (Å²) < 4.78 is 46.4. The predicted octanol–water partition coefficient (Wildman–Crippen LogP) is 2.86. The van der Waals surface area contributed by atoms with Crippen molar-refractivity contribution in [1.82, 2.24) is 0 Å². The summed E-state index contributed by atoms with van der Waals surface area (Å²) in [7, 11) is 1.12. The third-order valence-corrected chi connectivity index (χ3v) is 3.19. The van der Waals surface area contributed by atoms with Gasteiger partial charge in [0.05, 0.1) is 4.90 Å². The minimum absolute atomic E-state index is 0.267. The summed E-state index contributed by atoms with van der Waals surface area (Å²) in [5.41, 5.74) is -0.000718. The Hall–Kier alpha value is -0.680. The van der Waals surface area contributed by atoms with Crippen LogP contribution in [0, 0.1) is 6.92 Å². The van der Waals surface area contributed by atoms with Crippen LogP contribution in [0.2, 0.25) is 0 Å². The predicted molar refractivity (Wildman–Crippen MR) is 49.2 cm³/mol. The van der Waals surface area contributed by atoms with Crippen molar-refractivity contribution in [3.05, 3.63) is 29.3 Å². The van der Waals surface area contributed by atoms with Gasteiger partial charge < -0.3 is 0 Å². The molecule has 1 aromatic rings. The van der Waals surface area contributed by atoms with Crippen LogP contribution in [0.1, 0.15) is 17.6 Å². The number of alkyl halides is 2. The molecule has 0 aromatic heterocycles. The van der Waals surface area contributed by atoms with Gasteiger partial charge in [-0.2, -0.15) is 0 Å². The molecule has 0 radical (unpaired) electrons. The molecule has 6 heteroatoms. The van der Waals surface area contributed by atoms with E-state index in [1.807, 2.05) is 0 Å². The average molecular weight is 241 g/mol. The Morgan fingerprint density at radius 2 is 1.93 bits per heavy atom. The van der Waals surface area contributed by atoms with Gasteiger partial charge in [0.1, 0.15) is 0 Å². The summed E-state index contributed by atoms with van der Waals surface area (Å²) >= 11 is 0. The van der Waals surface area contributed by atoms with E-state index >= 15 is 0 Å². The van der Waals surface area contributed by atoms with Crippen LogP contribution in [0.4, 0.5) is 8.78 Å². The summed E-state index contributed by atoms with van der Waals surface area (Å²) in [6.45, 7) is 1.49. The monoisotopic (exact) mass is 240 g/mol. The molecule has 0 fully saturated rings. The second-order valence-electron chi connectivity index (χ2n) is 2.76. The second kappa shape index (κ2) is 3.82. The molecule has 0 heterocycles. The fourth-order valence-corrected chi connectivity index (χ4v) is 2.24. The minimum Gasteiger partial charge on any atom is -0.207 e. The summed E-state index contributed by atoms with van der Waals surface area (Å²) in [6.07, 6.45) is -2.70. The van der Waals surface area contributed by atoms with Gasteiger partial charge in [-0.1, -0.05) is 12.1 Å². The zero-order chi connectivity index (χ0) is 10.9. The molecule has 0 aliphatic rings. The van der Waals surface area contributed by atoms with E-state index in [0.29, 0.717) is 5.56 Å². The highest BCUT2D eigenvalue weighted by Crippen LogP contribution is 2.26. The molecule has 0 bridgehead atoms. The van der Waals surface area contributed by atoms with E-state index in [1.165, 1.54) is 19.1 Å². The fourth-order valence-electron chi connectivity index (χ4n) is 1.02. The van der Waals surface area contributed by atoms with Gasteiger partial charge in [0, 0.05) is 16.2 Å². The van der Waals surface area contributed by atoms with E-state index in [9.17, 15) is 17.2 Å². The lowest BCUT2D eigenvalue weighted by Gasteiger charge is -2.04. The molecular formula is C8H7ClF2O2S. The average Bonchev–Trinajstić information content (AvgIpc) is 2.02. The number of hydrogen-bond acceptors (Lipinski definition) is 2. The van der Waals surface area contributed by atoms with Gasteiger partial charge in [-0.15, -0.1) is 0 Å². The Morgan fingerprint density at radius 3 is 2.36 bits per heavy atom. The molecule has 2 nitrogen and oxygen atoms in total. The van der Waals surface area contributed by atoms with Gasteiger partial charge >= 0.3 is 0 Å². The second-order valence-corrected chi connectivity index (χ2v) is 5.30.